The standard InChI is InChI=1S/C18H17BrClNO2S2/c1-18(2)8-12-14(17(24-3)25-15(12)19)13(9-18)21-23-16(22)10-4-6-11(20)7-5-10/h4-7H,8-9H2,1-3H3. The number of thioether (sulfide) groups is 1. The highest BCUT2D eigenvalue weighted by atomic mass is 79.9. The second kappa shape index (κ2) is 7.43. The number of hydrogen-bond donors (Lipinski definition) is 0. The second-order valence-electron chi connectivity index (χ2n) is 6.66. The van der Waals surface area contributed by atoms with Crippen molar-refractivity contribution in [2.75, 3.05) is 6.26 Å². The van der Waals surface area contributed by atoms with Gasteiger partial charge in [-0.3, -0.25) is 0 Å². The van der Waals surface area contributed by atoms with Crippen LogP contribution in [0.3, 0.4) is 0 Å². The van der Waals surface area contributed by atoms with E-state index in [1.807, 2.05) is 0 Å². The van der Waals surface area contributed by atoms with Gasteiger partial charge in [0.05, 0.1) is 19.3 Å². The fraction of sp³-hybridized carbons (Fsp3) is 0.333. The maximum Gasteiger partial charge on any atom is 0.365 e. The molecule has 0 aliphatic heterocycles. The number of hydrogen-bond acceptors (Lipinski definition) is 5. The van der Waals surface area contributed by atoms with Crippen molar-refractivity contribution in [1.29, 1.82) is 0 Å². The molecule has 25 heavy (non-hydrogen) atoms. The van der Waals surface area contributed by atoms with Crippen LogP contribution in [-0.2, 0) is 11.3 Å². The molecule has 0 atom stereocenters. The first kappa shape index (κ1) is 19.0. The minimum atomic E-state index is -0.478. The van der Waals surface area contributed by atoms with Crippen molar-refractivity contribution in [3.8, 4) is 0 Å². The molecule has 1 aromatic carbocycles. The highest BCUT2D eigenvalue weighted by Crippen LogP contribution is 2.46. The van der Waals surface area contributed by atoms with Gasteiger partial charge in [-0.1, -0.05) is 30.6 Å². The topological polar surface area (TPSA) is 38.7 Å². The van der Waals surface area contributed by atoms with Gasteiger partial charge in [-0.25, -0.2) is 4.79 Å². The SMILES string of the molecule is CSc1sc(Br)c2c1C(=NOC(=O)c1ccc(Cl)cc1)CC(C)(C)C2. The summed E-state index contributed by atoms with van der Waals surface area (Å²) in [6.45, 7) is 4.41. The molecular weight excluding hydrogens is 442 g/mol. The molecule has 0 radical (unpaired) electrons. The zero-order valence-electron chi connectivity index (χ0n) is 14.1. The van der Waals surface area contributed by atoms with Crippen molar-refractivity contribution >= 4 is 62.3 Å². The fourth-order valence-electron chi connectivity index (χ4n) is 2.90. The minimum Gasteiger partial charge on any atom is -0.313 e. The Kier molecular flexibility index (Phi) is 5.63. The maximum absolute atomic E-state index is 12.2. The van der Waals surface area contributed by atoms with Crippen LogP contribution in [0.2, 0.25) is 5.02 Å². The average molecular weight is 459 g/mol. The van der Waals surface area contributed by atoms with E-state index in [1.165, 1.54) is 9.77 Å². The normalized spacial score (nSPS) is 17.4. The van der Waals surface area contributed by atoms with E-state index in [1.54, 1.807) is 47.4 Å². The van der Waals surface area contributed by atoms with Gasteiger partial charge < -0.3 is 4.84 Å². The molecule has 2 aromatic rings. The molecule has 1 heterocycles. The number of halogens is 2. The number of fused-ring (bicyclic) bond motifs is 1. The molecule has 0 amide bonds. The molecule has 3 rings (SSSR count). The van der Waals surface area contributed by atoms with Crippen LogP contribution in [0.4, 0.5) is 0 Å². The van der Waals surface area contributed by atoms with Crippen molar-refractivity contribution in [2.45, 2.75) is 30.9 Å². The Morgan fingerprint density at radius 2 is 2.00 bits per heavy atom. The minimum absolute atomic E-state index is 0.0672. The summed E-state index contributed by atoms with van der Waals surface area (Å²) in [6, 6.07) is 6.59. The van der Waals surface area contributed by atoms with Gasteiger partial charge in [-0.2, -0.15) is 0 Å². The monoisotopic (exact) mass is 457 g/mol. The number of oxime groups is 1. The highest BCUT2D eigenvalue weighted by molar-refractivity contribution is 9.11. The van der Waals surface area contributed by atoms with Crippen LogP contribution < -0.4 is 0 Å². The second-order valence-corrected chi connectivity index (χ2v) is 10.5. The molecule has 132 valence electrons. The molecule has 3 nitrogen and oxygen atoms in total. The van der Waals surface area contributed by atoms with Crippen LogP contribution in [0.5, 0.6) is 0 Å². The first-order chi connectivity index (χ1) is 11.8. The van der Waals surface area contributed by atoms with Gasteiger partial charge in [0, 0.05) is 10.6 Å². The van der Waals surface area contributed by atoms with E-state index in [2.05, 4.69) is 41.2 Å². The van der Waals surface area contributed by atoms with E-state index < -0.39 is 5.97 Å². The molecule has 1 aliphatic rings. The summed E-state index contributed by atoms with van der Waals surface area (Å²) in [5.74, 6) is -0.478. The number of thiophene rings is 1. The maximum atomic E-state index is 12.2. The fourth-order valence-corrected chi connectivity index (χ4v) is 6.01. The first-order valence-corrected chi connectivity index (χ1v) is 10.9. The molecule has 0 N–H and O–H groups in total. The Labute approximate surface area is 168 Å². The summed E-state index contributed by atoms with van der Waals surface area (Å²) < 4.78 is 2.33. The van der Waals surface area contributed by atoms with Crippen molar-refractivity contribution in [3.05, 3.63) is 49.8 Å². The van der Waals surface area contributed by atoms with E-state index in [0.717, 1.165) is 27.9 Å². The Morgan fingerprint density at radius 3 is 2.64 bits per heavy atom. The van der Waals surface area contributed by atoms with Gasteiger partial charge in [0.2, 0.25) is 0 Å². The summed E-state index contributed by atoms with van der Waals surface area (Å²) in [5, 5.41) is 4.83. The molecule has 1 aliphatic carbocycles. The van der Waals surface area contributed by atoms with E-state index >= 15 is 0 Å². The van der Waals surface area contributed by atoms with Crippen LogP contribution >= 0.6 is 50.6 Å². The molecule has 0 spiro atoms. The number of nitrogens with zero attached hydrogens (tertiary/aromatic N) is 1. The van der Waals surface area contributed by atoms with Crippen molar-refractivity contribution in [3.63, 3.8) is 0 Å². The van der Waals surface area contributed by atoms with E-state index in [9.17, 15) is 4.79 Å². The van der Waals surface area contributed by atoms with Gasteiger partial charge in [0.1, 0.15) is 0 Å². The van der Waals surface area contributed by atoms with E-state index in [-0.39, 0.29) is 5.41 Å². The summed E-state index contributed by atoms with van der Waals surface area (Å²) >= 11 is 12.9. The Morgan fingerprint density at radius 1 is 1.32 bits per heavy atom. The van der Waals surface area contributed by atoms with Crippen LogP contribution in [0.1, 0.15) is 41.8 Å². The van der Waals surface area contributed by atoms with Gasteiger partial charge in [-0.05, 0) is 70.3 Å². The van der Waals surface area contributed by atoms with Gasteiger partial charge in [0.15, 0.2) is 0 Å². The van der Waals surface area contributed by atoms with E-state index in [4.69, 9.17) is 16.4 Å². The lowest BCUT2D eigenvalue weighted by Crippen LogP contribution is -2.27. The summed E-state index contributed by atoms with van der Waals surface area (Å²) in [4.78, 5) is 17.5. The van der Waals surface area contributed by atoms with E-state index in [0.29, 0.717) is 10.6 Å². The molecule has 0 saturated heterocycles. The third kappa shape index (κ3) is 4.13. The predicted octanol–water partition coefficient (Wildman–Crippen LogP) is 6.42. The molecule has 0 fully saturated rings. The number of carbonyl (C=O) groups excluding carboxylic acids is 1. The van der Waals surface area contributed by atoms with Crippen molar-refractivity contribution < 1.29 is 9.63 Å². The zero-order valence-corrected chi connectivity index (χ0v) is 18.0. The summed E-state index contributed by atoms with van der Waals surface area (Å²) in [7, 11) is 0. The van der Waals surface area contributed by atoms with Crippen LogP contribution in [-0.4, -0.2) is 17.9 Å². The summed E-state index contributed by atoms with van der Waals surface area (Å²) in [5.41, 5.74) is 3.71. The lowest BCUT2D eigenvalue weighted by atomic mass is 9.75. The number of carbonyl (C=O) groups is 1. The first-order valence-electron chi connectivity index (χ1n) is 7.70. The van der Waals surface area contributed by atoms with Gasteiger partial charge in [-0.15, -0.1) is 23.1 Å². The van der Waals surface area contributed by atoms with Gasteiger partial charge >= 0.3 is 5.97 Å². The quantitative estimate of drug-likeness (QED) is 0.302. The molecule has 0 unspecified atom stereocenters. The summed E-state index contributed by atoms with van der Waals surface area (Å²) in [6.07, 6.45) is 3.80. The largest absolute Gasteiger partial charge is 0.365 e. The number of rotatable bonds is 3. The molecule has 1 aromatic heterocycles. The smallest absolute Gasteiger partial charge is 0.313 e. The lowest BCUT2D eigenvalue weighted by molar-refractivity contribution is 0.0514. The third-order valence-corrected chi connectivity index (χ3v) is 7.38. The third-order valence-electron chi connectivity index (χ3n) is 4.02. The zero-order chi connectivity index (χ0) is 18.2. The van der Waals surface area contributed by atoms with Crippen LogP contribution in [0.15, 0.2) is 37.4 Å². The van der Waals surface area contributed by atoms with Gasteiger partial charge in [0.25, 0.3) is 0 Å². The highest BCUT2D eigenvalue weighted by Gasteiger charge is 2.35. The predicted molar refractivity (Wildman–Crippen MR) is 109 cm³/mol. The number of benzene rings is 1. The molecule has 0 saturated carbocycles. The molecular formula is C18H17BrClNO2S2. The van der Waals surface area contributed by atoms with Crippen LogP contribution in [0.25, 0.3) is 0 Å². The van der Waals surface area contributed by atoms with Crippen LogP contribution in [0, 0.1) is 5.41 Å². The van der Waals surface area contributed by atoms with Crippen molar-refractivity contribution in [2.24, 2.45) is 10.6 Å². The Hall–Kier alpha value is -0.820. The lowest BCUT2D eigenvalue weighted by Gasteiger charge is -2.30. The Bertz CT molecular complexity index is 844. The van der Waals surface area contributed by atoms with Crippen molar-refractivity contribution in [1.82, 2.24) is 0 Å². The molecule has 0 bridgehead atoms. The average Bonchev–Trinajstić information content (AvgIpc) is 2.88. The molecule has 7 heteroatoms. The Balaban J connectivity index is 1.92.